The third-order valence-electron chi connectivity index (χ3n) is 5.42. The second-order valence-corrected chi connectivity index (χ2v) is 7.79. The Labute approximate surface area is 178 Å². The molecule has 0 saturated carbocycles. The van der Waals surface area contributed by atoms with Gasteiger partial charge in [0.15, 0.2) is 0 Å². The number of halogens is 1. The van der Waals surface area contributed by atoms with E-state index < -0.39 is 6.10 Å². The number of nitrogens with one attached hydrogen (secondary N) is 1. The summed E-state index contributed by atoms with van der Waals surface area (Å²) in [4.78, 5) is 0. The normalized spacial score (nSPS) is 11.6. The molecule has 3 nitrogen and oxygen atoms in total. The lowest BCUT2D eigenvalue weighted by molar-refractivity contribution is 0.163. The van der Waals surface area contributed by atoms with Gasteiger partial charge in [-0.25, -0.2) is 0 Å². The van der Waals surface area contributed by atoms with Gasteiger partial charge in [-0.15, -0.1) is 0 Å². The zero-order valence-electron chi connectivity index (χ0n) is 17.8. The smallest absolute Gasteiger partial charge is 0.0790 e. The average Bonchev–Trinajstić information content (AvgIpc) is 2.74. The van der Waals surface area contributed by atoms with Gasteiger partial charge in [0, 0.05) is 11.4 Å². The van der Waals surface area contributed by atoms with Crippen molar-refractivity contribution >= 4 is 11.4 Å². The highest BCUT2D eigenvalue weighted by atomic mass is 19.0. The zero-order valence-corrected chi connectivity index (χ0v) is 17.8. The van der Waals surface area contributed by atoms with E-state index in [9.17, 15) is 10.2 Å². The fraction of sp³-hybridized carbons (Fsp3) is 0.308. The van der Waals surface area contributed by atoms with Crippen molar-refractivity contribution in [2.24, 2.45) is 0 Å². The molecule has 0 aliphatic heterocycles. The molecule has 4 heteroatoms. The van der Waals surface area contributed by atoms with E-state index in [0.29, 0.717) is 0 Å². The molecule has 0 heterocycles. The number of aliphatic hydroxyl groups excluding tert-OH is 2. The first-order valence-corrected chi connectivity index (χ1v) is 10.4. The maximum Gasteiger partial charge on any atom is 0.0790 e. The first kappa shape index (κ1) is 23.6. The predicted molar refractivity (Wildman–Crippen MR) is 123 cm³/mol. The fourth-order valence-electron chi connectivity index (χ4n) is 3.46. The third kappa shape index (κ3) is 6.68. The molecule has 160 valence electrons. The largest absolute Gasteiger partial charge is 0.392 e. The molecule has 0 aliphatic rings. The summed E-state index contributed by atoms with van der Waals surface area (Å²) in [6, 6.07) is 22.8. The van der Waals surface area contributed by atoms with Crippen LogP contribution in [0.25, 0.3) is 0 Å². The molecule has 0 unspecified atom stereocenters. The Morgan fingerprint density at radius 3 is 2.10 bits per heavy atom. The van der Waals surface area contributed by atoms with E-state index in [0.717, 1.165) is 53.7 Å². The van der Waals surface area contributed by atoms with E-state index in [2.05, 4.69) is 60.8 Å². The Morgan fingerprint density at radius 2 is 1.47 bits per heavy atom. The maximum atomic E-state index is 10.4. The summed E-state index contributed by atoms with van der Waals surface area (Å²) in [6.45, 7) is 4.08. The molecule has 30 heavy (non-hydrogen) atoms. The summed E-state index contributed by atoms with van der Waals surface area (Å²) in [6.07, 6.45) is 3.28. The Morgan fingerprint density at radius 1 is 0.833 bits per heavy atom. The molecule has 1 atom stereocenters. The first-order chi connectivity index (χ1) is 14.0. The number of hydrogen-bond donors (Lipinski definition) is 3. The van der Waals surface area contributed by atoms with E-state index in [4.69, 9.17) is 0 Å². The van der Waals surface area contributed by atoms with Gasteiger partial charge < -0.3 is 15.5 Å². The van der Waals surface area contributed by atoms with Crippen molar-refractivity contribution in [3.63, 3.8) is 0 Å². The maximum absolute atomic E-state index is 10.4. The van der Waals surface area contributed by atoms with Crippen LogP contribution in [0.3, 0.4) is 0 Å². The van der Waals surface area contributed by atoms with Crippen molar-refractivity contribution in [2.45, 2.75) is 52.2 Å². The molecule has 0 fully saturated rings. The van der Waals surface area contributed by atoms with Gasteiger partial charge in [-0.1, -0.05) is 54.4 Å². The lowest BCUT2D eigenvalue weighted by Crippen LogP contribution is -2.00. The molecule has 0 aromatic heterocycles. The SMILES string of the molecule is Cc1ccc(Nc2ccc(CCCC[C@H](O)c3ccc(C)c(CO)c3)cc2)cc1.F. The van der Waals surface area contributed by atoms with Crippen LogP contribution in [0, 0.1) is 13.8 Å². The molecular weight excluding hydrogens is 377 g/mol. The highest BCUT2D eigenvalue weighted by molar-refractivity contribution is 5.60. The summed E-state index contributed by atoms with van der Waals surface area (Å²) < 4.78 is 0. The second kappa shape index (κ2) is 11.5. The molecule has 3 N–H and O–H groups in total. The molecule has 0 aliphatic carbocycles. The lowest BCUT2D eigenvalue weighted by Gasteiger charge is -2.13. The fourth-order valence-corrected chi connectivity index (χ4v) is 3.46. The van der Waals surface area contributed by atoms with E-state index in [1.807, 2.05) is 25.1 Å². The molecule has 0 spiro atoms. The summed E-state index contributed by atoms with van der Waals surface area (Å²) in [5.41, 5.74) is 7.60. The monoisotopic (exact) mass is 409 g/mol. The number of unbranched alkanes of at least 4 members (excludes halogenated alkanes) is 1. The van der Waals surface area contributed by atoms with E-state index in [-0.39, 0.29) is 11.3 Å². The van der Waals surface area contributed by atoms with Crippen LogP contribution in [0.4, 0.5) is 16.1 Å². The van der Waals surface area contributed by atoms with Gasteiger partial charge in [-0.05, 0) is 79.6 Å². The Bertz CT molecular complexity index is 907. The van der Waals surface area contributed by atoms with Crippen LogP contribution >= 0.6 is 0 Å². The average molecular weight is 410 g/mol. The van der Waals surface area contributed by atoms with E-state index in [1.54, 1.807) is 0 Å². The van der Waals surface area contributed by atoms with Crippen LogP contribution in [-0.2, 0) is 13.0 Å². The van der Waals surface area contributed by atoms with Gasteiger partial charge >= 0.3 is 0 Å². The Hall–Kier alpha value is -2.69. The van der Waals surface area contributed by atoms with Gasteiger partial charge in [-0.3, -0.25) is 4.70 Å². The standard InChI is InChI=1S/C26H31NO2.FH/c1-19-7-13-24(14-8-19)27-25-15-10-21(11-16-25)5-3-4-6-26(29)22-12-9-20(2)23(17-22)18-28;/h7-17,26-29H,3-6,18H2,1-2H3;1H/t26-;/m0./s1. The molecule has 0 saturated heterocycles. The topological polar surface area (TPSA) is 52.5 Å². The van der Waals surface area contributed by atoms with Crippen molar-refractivity contribution in [3.05, 3.63) is 94.5 Å². The van der Waals surface area contributed by atoms with Crippen molar-refractivity contribution < 1.29 is 14.9 Å². The lowest BCUT2D eigenvalue weighted by atomic mass is 9.98. The quantitative estimate of drug-likeness (QED) is 0.372. The van der Waals surface area contributed by atoms with Gasteiger partial charge in [-0.2, -0.15) is 0 Å². The molecule has 0 bridgehead atoms. The minimum absolute atomic E-state index is 0. The van der Waals surface area contributed by atoms with Crippen LogP contribution in [-0.4, -0.2) is 10.2 Å². The highest BCUT2D eigenvalue weighted by Gasteiger charge is 2.09. The minimum Gasteiger partial charge on any atom is -0.392 e. The first-order valence-electron chi connectivity index (χ1n) is 10.4. The zero-order chi connectivity index (χ0) is 20.6. The number of aliphatic hydroxyl groups is 2. The Balaban J connectivity index is 0.00000320. The number of benzene rings is 3. The molecule has 0 amide bonds. The molecule has 3 aromatic rings. The highest BCUT2D eigenvalue weighted by Crippen LogP contribution is 2.23. The van der Waals surface area contributed by atoms with Crippen molar-refractivity contribution in [3.8, 4) is 0 Å². The minimum atomic E-state index is -0.470. The van der Waals surface area contributed by atoms with Crippen LogP contribution in [0.15, 0.2) is 66.7 Å². The number of aryl methyl sites for hydroxylation is 3. The molecule has 3 aromatic carbocycles. The molecule has 0 radical (unpaired) electrons. The van der Waals surface area contributed by atoms with Crippen molar-refractivity contribution in [1.29, 1.82) is 0 Å². The second-order valence-electron chi connectivity index (χ2n) is 7.79. The van der Waals surface area contributed by atoms with Crippen LogP contribution < -0.4 is 5.32 Å². The summed E-state index contributed by atoms with van der Waals surface area (Å²) >= 11 is 0. The van der Waals surface area contributed by atoms with E-state index >= 15 is 0 Å². The molecular formula is C26H32FNO2. The van der Waals surface area contributed by atoms with Crippen molar-refractivity contribution in [2.75, 3.05) is 5.32 Å². The summed E-state index contributed by atoms with van der Waals surface area (Å²) in [7, 11) is 0. The number of hydrogen-bond acceptors (Lipinski definition) is 3. The van der Waals surface area contributed by atoms with Gasteiger partial charge in [0.1, 0.15) is 0 Å². The van der Waals surface area contributed by atoms with Gasteiger partial charge in [0.25, 0.3) is 0 Å². The van der Waals surface area contributed by atoms with Crippen LogP contribution in [0.5, 0.6) is 0 Å². The van der Waals surface area contributed by atoms with Crippen molar-refractivity contribution in [1.82, 2.24) is 0 Å². The predicted octanol–water partition coefficient (Wildman–Crippen LogP) is 6.14. The third-order valence-corrected chi connectivity index (χ3v) is 5.42. The number of anilines is 2. The van der Waals surface area contributed by atoms with Gasteiger partial charge in [0.2, 0.25) is 0 Å². The van der Waals surface area contributed by atoms with Crippen LogP contribution in [0.1, 0.15) is 53.2 Å². The number of rotatable bonds is 9. The van der Waals surface area contributed by atoms with E-state index in [1.165, 1.54) is 11.1 Å². The molecule has 3 rings (SSSR count). The Kier molecular flexibility index (Phi) is 9.03. The van der Waals surface area contributed by atoms with Gasteiger partial charge in [0.05, 0.1) is 12.7 Å². The summed E-state index contributed by atoms with van der Waals surface area (Å²) in [5, 5.41) is 23.2. The summed E-state index contributed by atoms with van der Waals surface area (Å²) in [5.74, 6) is 0. The van der Waals surface area contributed by atoms with Crippen LogP contribution in [0.2, 0.25) is 0 Å².